The van der Waals surface area contributed by atoms with Crippen LogP contribution in [0.4, 0.5) is 0 Å². The van der Waals surface area contributed by atoms with Crippen molar-refractivity contribution in [2.45, 2.75) is 83.5 Å². The zero-order valence-corrected chi connectivity index (χ0v) is 12.8. The first-order valence-electron chi connectivity index (χ1n) is 7.63. The Kier molecular flexibility index (Phi) is 6.46. The highest BCUT2D eigenvalue weighted by molar-refractivity contribution is 5.88. The largest absolute Gasteiger partial charge is 0.480 e. The molecule has 0 spiro atoms. The second-order valence-corrected chi connectivity index (χ2v) is 5.82. The number of amides is 1. The van der Waals surface area contributed by atoms with E-state index in [-0.39, 0.29) is 12.0 Å². The lowest BCUT2D eigenvalue weighted by Gasteiger charge is -2.29. The van der Waals surface area contributed by atoms with E-state index >= 15 is 0 Å². The van der Waals surface area contributed by atoms with Gasteiger partial charge in [-0.05, 0) is 32.6 Å². The quantitative estimate of drug-likeness (QED) is 0.718. The molecule has 1 fully saturated rings. The standard InChI is InChI=1S/C15H27NO4/c1-4-10-15(3,14(18)19)16-13(17)12(5-2)20-11-8-6-7-9-11/h11-12H,4-10H2,1-3H3,(H,16,17)(H,18,19). The maximum Gasteiger partial charge on any atom is 0.329 e. The molecule has 0 heterocycles. The van der Waals surface area contributed by atoms with E-state index in [0.717, 1.165) is 25.7 Å². The lowest BCUT2D eigenvalue weighted by Crippen LogP contribution is -2.55. The normalized spacial score (nSPS) is 20.4. The average molecular weight is 285 g/mol. The Morgan fingerprint density at radius 2 is 1.95 bits per heavy atom. The first kappa shape index (κ1) is 17.0. The number of hydrogen-bond donors (Lipinski definition) is 2. The zero-order chi connectivity index (χ0) is 15.2. The Morgan fingerprint density at radius 3 is 2.40 bits per heavy atom. The molecule has 2 atom stereocenters. The van der Waals surface area contributed by atoms with Crippen molar-refractivity contribution in [3.8, 4) is 0 Å². The first-order chi connectivity index (χ1) is 9.42. The van der Waals surface area contributed by atoms with E-state index < -0.39 is 17.6 Å². The van der Waals surface area contributed by atoms with Gasteiger partial charge in [0.05, 0.1) is 6.10 Å². The van der Waals surface area contributed by atoms with Gasteiger partial charge in [0.2, 0.25) is 5.91 Å². The first-order valence-corrected chi connectivity index (χ1v) is 7.63. The molecule has 1 rings (SSSR count). The third-order valence-corrected chi connectivity index (χ3v) is 3.94. The molecule has 0 radical (unpaired) electrons. The van der Waals surface area contributed by atoms with Gasteiger partial charge in [-0.2, -0.15) is 0 Å². The van der Waals surface area contributed by atoms with Crippen LogP contribution in [0.3, 0.4) is 0 Å². The predicted octanol–water partition coefficient (Wildman–Crippen LogP) is 2.48. The Bertz CT molecular complexity index is 339. The molecule has 1 aliphatic rings. The smallest absolute Gasteiger partial charge is 0.329 e. The number of aliphatic carboxylic acids is 1. The van der Waals surface area contributed by atoms with Crippen molar-refractivity contribution in [1.29, 1.82) is 0 Å². The van der Waals surface area contributed by atoms with E-state index in [9.17, 15) is 14.7 Å². The van der Waals surface area contributed by atoms with Gasteiger partial charge in [-0.25, -0.2) is 4.79 Å². The van der Waals surface area contributed by atoms with Crippen molar-refractivity contribution in [3.05, 3.63) is 0 Å². The minimum Gasteiger partial charge on any atom is -0.480 e. The molecule has 0 aliphatic heterocycles. The van der Waals surface area contributed by atoms with Crippen molar-refractivity contribution in [1.82, 2.24) is 5.32 Å². The summed E-state index contributed by atoms with van der Waals surface area (Å²) in [5, 5.41) is 12.0. The summed E-state index contributed by atoms with van der Waals surface area (Å²) in [6.45, 7) is 5.34. The van der Waals surface area contributed by atoms with Crippen molar-refractivity contribution in [3.63, 3.8) is 0 Å². The molecule has 1 amide bonds. The molecule has 2 unspecified atom stereocenters. The lowest BCUT2D eigenvalue weighted by atomic mass is 9.96. The Hall–Kier alpha value is -1.10. The van der Waals surface area contributed by atoms with Gasteiger partial charge < -0.3 is 15.2 Å². The molecule has 1 aliphatic carbocycles. The number of rotatable bonds is 8. The topological polar surface area (TPSA) is 75.6 Å². The van der Waals surface area contributed by atoms with Gasteiger partial charge in [0.25, 0.3) is 0 Å². The van der Waals surface area contributed by atoms with Crippen LogP contribution in [0.1, 0.15) is 65.7 Å². The fourth-order valence-corrected chi connectivity index (χ4v) is 2.68. The van der Waals surface area contributed by atoms with Gasteiger partial charge in [0.1, 0.15) is 11.6 Å². The third kappa shape index (κ3) is 4.47. The third-order valence-electron chi connectivity index (χ3n) is 3.94. The summed E-state index contributed by atoms with van der Waals surface area (Å²) in [5.41, 5.74) is -1.21. The molecular formula is C15H27NO4. The van der Waals surface area contributed by atoms with Crippen LogP contribution in [0.2, 0.25) is 0 Å². The van der Waals surface area contributed by atoms with E-state index in [1.807, 2.05) is 13.8 Å². The SMILES string of the molecule is CCCC(C)(NC(=O)C(CC)OC1CCCC1)C(=O)O. The van der Waals surface area contributed by atoms with Crippen LogP contribution in [-0.4, -0.2) is 34.7 Å². The van der Waals surface area contributed by atoms with E-state index in [1.165, 1.54) is 0 Å². The molecule has 0 saturated heterocycles. The fourth-order valence-electron chi connectivity index (χ4n) is 2.68. The molecule has 0 aromatic heterocycles. The number of ether oxygens (including phenoxy) is 1. The van der Waals surface area contributed by atoms with Crippen molar-refractivity contribution >= 4 is 11.9 Å². The summed E-state index contributed by atoms with van der Waals surface area (Å²) in [5.74, 6) is -1.30. The van der Waals surface area contributed by atoms with Crippen LogP contribution in [0.5, 0.6) is 0 Å². The zero-order valence-electron chi connectivity index (χ0n) is 12.8. The van der Waals surface area contributed by atoms with Gasteiger partial charge >= 0.3 is 5.97 Å². The van der Waals surface area contributed by atoms with Gasteiger partial charge in [-0.1, -0.05) is 33.1 Å². The van der Waals surface area contributed by atoms with Crippen molar-refractivity contribution in [2.75, 3.05) is 0 Å². The Labute approximate surface area is 121 Å². The number of carboxylic acids is 1. The maximum absolute atomic E-state index is 12.3. The monoisotopic (exact) mass is 285 g/mol. The number of carbonyl (C=O) groups excluding carboxylic acids is 1. The van der Waals surface area contributed by atoms with Crippen LogP contribution in [0.15, 0.2) is 0 Å². The lowest BCUT2D eigenvalue weighted by molar-refractivity contribution is -0.151. The maximum atomic E-state index is 12.3. The molecule has 5 heteroatoms. The molecule has 116 valence electrons. The number of hydrogen-bond acceptors (Lipinski definition) is 3. The van der Waals surface area contributed by atoms with Crippen LogP contribution >= 0.6 is 0 Å². The van der Waals surface area contributed by atoms with Crippen LogP contribution in [-0.2, 0) is 14.3 Å². The average Bonchev–Trinajstić information content (AvgIpc) is 2.88. The van der Waals surface area contributed by atoms with Crippen molar-refractivity contribution < 1.29 is 19.4 Å². The van der Waals surface area contributed by atoms with E-state index in [0.29, 0.717) is 19.3 Å². The molecule has 0 aromatic carbocycles. The summed E-state index contributed by atoms with van der Waals surface area (Å²) in [6.07, 6.45) is 5.55. The highest BCUT2D eigenvalue weighted by Crippen LogP contribution is 2.23. The van der Waals surface area contributed by atoms with Gasteiger partial charge in [0, 0.05) is 0 Å². The number of nitrogens with one attached hydrogen (secondary N) is 1. The Morgan fingerprint density at radius 1 is 1.35 bits per heavy atom. The van der Waals surface area contributed by atoms with Gasteiger partial charge in [-0.3, -0.25) is 4.79 Å². The molecule has 20 heavy (non-hydrogen) atoms. The van der Waals surface area contributed by atoms with Crippen LogP contribution < -0.4 is 5.32 Å². The highest BCUT2D eigenvalue weighted by Gasteiger charge is 2.36. The summed E-state index contributed by atoms with van der Waals surface area (Å²) in [4.78, 5) is 23.6. The Balaban J connectivity index is 2.62. The van der Waals surface area contributed by atoms with E-state index in [1.54, 1.807) is 6.92 Å². The summed E-state index contributed by atoms with van der Waals surface area (Å²) in [7, 11) is 0. The second kappa shape index (κ2) is 7.62. The molecule has 1 saturated carbocycles. The van der Waals surface area contributed by atoms with Crippen molar-refractivity contribution in [2.24, 2.45) is 0 Å². The fraction of sp³-hybridized carbons (Fsp3) is 0.867. The van der Waals surface area contributed by atoms with Gasteiger partial charge in [-0.15, -0.1) is 0 Å². The number of carbonyl (C=O) groups is 2. The minimum absolute atomic E-state index is 0.146. The molecule has 5 nitrogen and oxygen atoms in total. The second-order valence-electron chi connectivity index (χ2n) is 5.82. The molecular weight excluding hydrogens is 258 g/mol. The van der Waals surface area contributed by atoms with Gasteiger partial charge in [0.15, 0.2) is 0 Å². The molecule has 0 bridgehead atoms. The van der Waals surface area contributed by atoms with E-state index in [4.69, 9.17) is 4.74 Å². The number of carboxylic acid groups (broad SMARTS) is 1. The summed E-state index contributed by atoms with van der Waals surface area (Å²) in [6, 6.07) is 0. The molecule has 0 aromatic rings. The predicted molar refractivity (Wildman–Crippen MR) is 76.5 cm³/mol. The van der Waals surface area contributed by atoms with E-state index in [2.05, 4.69) is 5.32 Å². The highest BCUT2D eigenvalue weighted by atomic mass is 16.5. The molecule has 2 N–H and O–H groups in total. The van der Waals surface area contributed by atoms with Crippen LogP contribution in [0, 0.1) is 0 Å². The summed E-state index contributed by atoms with van der Waals surface area (Å²) < 4.78 is 5.82. The summed E-state index contributed by atoms with van der Waals surface area (Å²) >= 11 is 0. The minimum atomic E-state index is -1.21. The van der Waals surface area contributed by atoms with Crippen LogP contribution in [0.25, 0.3) is 0 Å².